The van der Waals surface area contributed by atoms with Crippen LogP contribution >= 0.6 is 0 Å². The molecular weight excluding hydrogens is 326 g/mol. The maximum atomic E-state index is 12.8. The number of rotatable bonds is 7. The van der Waals surface area contributed by atoms with Crippen molar-refractivity contribution in [2.75, 3.05) is 6.54 Å². The zero-order valence-electron chi connectivity index (χ0n) is 15.9. The summed E-state index contributed by atoms with van der Waals surface area (Å²) in [5.41, 5.74) is 0.806. The minimum Gasteiger partial charge on any atom is -0.508 e. The van der Waals surface area contributed by atoms with E-state index < -0.39 is 11.5 Å². The van der Waals surface area contributed by atoms with E-state index in [9.17, 15) is 15.0 Å². The van der Waals surface area contributed by atoms with E-state index in [4.69, 9.17) is 0 Å². The number of hydrogen-bond acceptors (Lipinski definition) is 3. The lowest BCUT2D eigenvalue weighted by atomic mass is 9.81. The van der Waals surface area contributed by atoms with Gasteiger partial charge in [0.25, 0.3) is 0 Å². The fraction of sp³-hybridized carbons (Fsp3) is 0.409. The van der Waals surface area contributed by atoms with Crippen LogP contribution in [0, 0.1) is 11.3 Å². The molecule has 0 radical (unpaired) electrons. The molecule has 0 unspecified atom stereocenters. The molecule has 26 heavy (non-hydrogen) atoms. The smallest absolute Gasteiger partial charge is 0.228 e. The molecule has 0 saturated heterocycles. The third kappa shape index (κ3) is 4.64. The van der Waals surface area contributed by atoms with Gasteiger partial charge in [0.05, 0.1) is 11.5 Å². The summed E-state index contributed by atoms with van der Waals surface area (Å²) in [6, 6.07) is 16.4. The molecule has 2 aromatic carbocycles. The molecule has 0 aromatic heterocycles. The second kappa shape index (κ2) is 8.37. The molecule has 0 aliphatic rings. The predicted octanol–water partition coefficient (Wildman–Crippen LogP) is 4.01. The summed E-state index contributed by atoms with van der Waals surface area (Å²) in [5, 5.41) is 23.1. The van der Waals surface area contributed by atoms with Crippen LogP contribution in [0.5, 0.6) is 5.75 Å². The molecule has 0 aliphatic heterocycles. The lowest BCUT2D eigenvalue weighted by molar-refractivity contribution is -0.135. The number of phenols is 1. The molecule has 0 bridgehead atoms. The van der Waals surface area contributed by atoms with Crippen LogP contribution in [-0.2, 0) is 4.79 Å². The van der Waals surface area contributed by atoms with Crippen LogP contribution in [0.3, 0.4) is 0 Å². The molecule has 4 nitrogen and oxygen atoms in total. The number of carbonyl (C=O) groups is 1. The molecule has 0 heterocycles. The number of amides is 1. The van der Waals surface area contributed by atoms with E-state index in [0.717, 1.165) is 0 Å². The standard InChI is InChI=1S/C22H29NO3/c1-15(2)19(16-8-6-5-7-9-16)14-23-21(26)22(3,4)20(25)17-10-12-18(24)13-11-17/h5-13,15,19-20,24-25H,14H2,1-4H3,(H,23,26)/t19-,20+/m1/s1. The molecule has 4 heteroatoms. The number of aliphatic hydroxyl groups is 1. The minimum absolute atomic E-state index is 0.130. The summed E-state index contributed by atoms with van der Waals surface area (Å²) in [4.78, 5) is 12.8. The minimum atomic E-state index is -0.991. The second-order valence-corrected chi connectivity index (χ2v) is 7.69. The molecule has 2 atom stereocenters. The topological polar surface area (TPSA) is 69.6 Å². The lowest BCUT2D eigenvalue weighted by Crippen LogP contribution is -2.43. The first-order chi connectivity index (χ1) is 12.2. The maximum Gasteiger partial charge on any atom is 0.228 e. The Morgan fingerprint density at radius 3 is 2.12 bits per heavy atom. The van der Waals surface area contributed by atoms with E-state index in [1.54, 1.807) is 26.0 Å². The van der Waals surface area contributed by atoms with Gasteiger partial charge >= 0.3 is 0 Å². The van der Waals surface area contributed by atoms with Gasteiger partial charge in [-0.25, -0.2) is 0 Å². The monoisotopic (exact) mass is 355 g/mol. The Balaban J connectivity index is 2.08. The van der Waals surface area contributed by atoms with Crippen LogP contribution in [0.4, 0.5) is 0 Å². The van der Waals surface area contributed by atoms with Crippen molar-refractivity contribution in [1.29, 1.82) is 0 Å². The second-order valence-electron chi connectivity index (χ2n) is 7.69. The van der Waals surface area contributed by atoms with Crippen molar-refractivity contribution >= 4 is 5.91 Å². The highest BCUT2D eigenvalue weighted by atomic mass is 16.3. The Bertz CT molecular complexity index is 708. The highest BCUT2D eigenvalue weighted by Crippen LogP contribution is 2.34. The van der Waals surface area contributed by atoms with E-state index in [0.29, 0.717) is 18.0 Å². The summed E-state index contributed by atoms with van der Waals surface area (Å²) in [6.07, 6.45) is -0.961. The SMILES string of the molecule is CC(C)[C@@H](CNC(=O)C(C)(C)[C@@H](O)c1ccc(O)cc1)c1ccccc1. The maximum absolute atomic E-state index is 12.8. The molecule has 140 valence electrons. The first-order valence-electron chi connectivity index (χ1n) is 9.03. The highest BCUT2D eigenvalue weighted by molar-refractivity contribution is 5.82. The van der Waals surface area contributed by atoms with Crippen molar-refractivity contribution in [2.24, 2.45) is 11.3 Å². The van der Waals surface area contributed by atoms with Crippen molar-refractivity contribution in [3.05, 3.63) is 65.7 Å². The number of carbonyl (C=O) groups excluding carboxylic acids is 1. The third-order valence-corrected chi connectivity index (χ3v) is 4.99. The van der Waals surface area contributed by atoms with E-state index >= 15 is 0 Å². The summed E-state index contributed by atoms with van der Waals surface area (Å²) in [5.74, 6) is 0.523. The van der Waals surface area contributed by atoms with Gasteiger partial charge in [0.15, 0.2) is 0 Å². The summed E-state index contributed by atoms with van der Waals surface area (Å²) in [6.45, 7) is 8.26. The van der Waals surface area contributed by atoms with Gasteiger partial charge in [0, 0.05) is 12.5 Å². The third-order valence-electron chi connectivity index (χ3n) is 4.99. The Morgan fingerprint density at radius 2 is 1.58 bits per heavy atom. The van der Waals surface area contributed by atoms with E-state index in [2.05, 4.69) is 31.3 Å². The van der Waals surface area contributed by atoms with Crippen LogP contribution in [0.2, 0.25) is 0 Å². The number of aromatic hydroxyl groups is 1. The molecule has 2 aromatic rings. The van der Waals surface area contributed by atoms with Crippen molar-refractivity contribution < 1.29 is 15.0 Å². The van der Waals surface area contributed by atoms with Crippen molar-refractivity contribution in [1.82, 2.24) is 5.32 Å². The van der Waals surface area contributed by atoms with Gasteiger partial charge in [-0.15, -0.1) is 0 Å². The number of phenolic OH excluding ortho intramolecular Hbond substituents is 1. The number of hydrogen-bond donors (Lipinski definition) is 3. The number of aliphatic hydroxyl groups excluding tert-OH is 1. The molecule has 1 amide bonds. The van der Waals surface area contributed by atoms with Crippen LogP contribution < -0.4 is 5.32 Å². The van der Waals surface area contributed by atoms with E-state index in [-0.39, 0.29) is 17.6 Å². The van der Waals surface area contributed by atoms with E-state index in [1.165, 1.54) is 17.7 Å². The van der Waals surface area contributed by atoms with Gasteiger partial charge in [0.1, 0.15) is 5.75 Å². The molecule has 0 spiro atoms. The van der Waals surface area contributed by atoms with E-state index in [1.807, 2.05) is 18.2 Å². The fourth-order valence-electron chi connectivity index (χ4n) is 3.07. The average Bonchev–Trinajstić information content (AvgIpc) is 2.62. The van der Waals surface area contributed by atoms with Crippen LogP contribution in [-0.4, -0.2) is 22.7 Å². The van der Waals surface area contributed by atoms with Gasteiger partial charge in [-0.3, -0.25) is 4.79 Å². The zero-order chi connectivity index (χ0) is 19.3. The van der Waals surface area contributed by atoms with Crippen LogP contribution in [0.25, 0.3) is 0 Å². The molecular formula is C22H29NO3. The van der Waals surface area contributed by atoms with Gasteiger partial charge < -0.3 is 15.5 Å². The lowest BCUT2D eigenvalue weighted by Gasteiger charge is -2.31. The molecule has 0 saturated carbocycles. The summed E-state index contributed by atoms with van der Waals surface area (Å²) < 4.78 is 0. The van der Waals surface area contributed by atoms with Gasteiger partial charge in [-0.1, -0.05) is 56.3 Å². The molecule has 0 fully saturated rings. The number of benzene rings is 2. The quantitative estimate of drug-likeness (QED) is 0.703. The Hall–Kier alpha value is -2.33. The average molecular weight is 355 g/mol. The summed E-state index contributed by atoms with van der Waals surface area (Å²) >= 11 is 0. The van der Waals surface area contributed by atoms with Crippen molar-refractivity contribution in [3.8, 4) is 5.75 Å². The van der Waals surface area contributed by atoms with Gasteiger partial charge in [-0.2, -0.15) is 0 Å². The summed E-state index contributed by atoms with van der Waals surface area (Å²) in [7, 11) is 0. The normalized spacial score (nSPS) is 14.1. The molecule has 2 rings (SSSR count). The van der Waals surface area contributed by atoms with Crippen molar-refractivity contribution in [3.63, 3.8) is 0 Å². The van der Waals surface area contributed by atoms with Gasteiger partial charge in [0.2, 0.25) is 5.91 Å². The van der Waals surface area contributed by atoms with Crippen LogP contribution in [0.15, 0.2) is 54.6 Å². The fourth-order valence-corrected chi connectivity index (χ4v) is 3.07. The molecule has 0 aliphatic carbocycles. The first-order valence-corrected chi connectivity index (χ1v) is 9.03. The Labute approximate surface area is 155 Å². The highest BCUT2D eigenvalue weighted by Gasteiger charge is 2.37. The van der Waals surface area contributed by atoms with Gasteiger partial charge in [-0.05, 0) is 43.0 Å². The van der Waals surface area contributed by atoms with Crippen LogP contribution in [0.1, 0.15) is 50.8 Å². The number of nitrogens with one attached hydrogen (secondary N) is 1. The zero-order valence-corrected chi connectivity index (χ0v) is 15.9. The Morgan fingerprint density at radius 1 is 1.00 bits per heavy atom. The largest absolute Gasteiger partial charge is 0.508 e. The first kappa shape index (κ1) is 20.0. The van der Waals surface area contributed by atoms with Crippen molar-refractivity contribution in [2.45, 2.75) is 39.7 Å². The molecule has 3 N–H and O–H groups in total. The Kier molecular flexibility index (Phi) is 6.43. The predicted molar refractivity (Wildman–Crippen MR) is 104 cm³/mol.